The molecule has 0 spiro atoms. The van der Waals surface area contributed by atoms with Crippen molar-refractivity contribution in [2.75, 3.05) is 13.1 Å². The highest BCUT2D eigenvalue weighted by Crippen LogP contribution is 2.29. The van der Waals surface area contributed by atoms with Crippen molar-refractivity contribution in [2.45, 2.75) is 19.4 Å². The normalized spacial score (nSPS) is 20.5. The SMILES string of the molecule is CC1CCN(C(=O)c2ccccc2-c2ccccc2C#N)CC1O. The lowest BCUT2D eigenvalue weighted by atomic mass is 9.93. The molecule has 2 aromatic rings. The standard InChI is InChI=1S/C20H20N2O2/c1-14-10-11-22(13-19(14)23)20(24)18-9-5-4-8-17(18)16-7-3-2-6-15(16)12-21/h2-9,14,19,23H,10-11,13H2,1H3. The Morgan fingerprint density at radius 3 is 2.54 bits per heavy atom. The largest absolute Gasteiger partial charge is 0.391 e. The lowest BCUT2D eigenvalue weighted by Gasteiger charge is -2.34. The summed E-state index contributed by atoms with van der Waals surface area (Å²) in [5, 5.41) is 19.4. The smallest absolute Gasteiger partial charge is 0.254 e. The van der Waals surface area contributed by atoms with E-state index in [-0.39, 0.29) is 11.8 Å². The molecule has 24 heavy (non-hydrogen) atoms. The summed E-state index contributed by atoms with van der Waals surface area (Å²) < 4.78 is 0. The fraction of sp³-hybridized carbons (Fsp3) is 0.300. The second-order valence-electron chi connectivity index (χ2n) is 6.29. The van der Waals surface area contributed by atoms with E-state index in [1.807, 2.05) is 43.3 Å². The van der Waals surface area contributed by atoms with Crippen molar-refractivity contribution in [3.05, 3.63) is 59.7 Å². The van der Waals surface area contributed by atoms with Crippen LogP contribution in [0.15, 0.2) is 48.5 Å². The molecule has 0 radical (unpaired) electrons. The Kier molecular flexibility index (Phi) is 4.64. The number of carbonyl (C=O) groups excluding carboxylic acids is 1. The molecule has 2 atom stereocenters. The monoisotopic (exact) mass is 320 g/mol. The lowest BCUT2D eigenvalue weighted by molar-refractivity contribution is 0.0249. The number of likely N-dealkylation sites (tertiary alicyclic amines) is 1. The van der Waals surface area contributed by atoms with Gasteiger partial charge in [0.2, 0.25) is 0 Å². The predicted molar refractivity (Wildman–Crippen MR) is 92.3 cm³/mol. The summed E-state index contributed by atoms with van der Waals surface area (Å²) in [7, 11) is 0. The summed E-state index contributed by atoms with van der Waals surface area (Å²) in [5.41, 5.74) is 2.63. The summed E-state index contributed by atoms with van der Waals surface area (Å²) >= 11 is 0. The molecule has 1 saturated heterocycles. The fourth-order valence-corrected chi connectivity index (χ4v) is 3.12. The van der Waals surface area contributed by atoms with Crippen molar-refractivity contribution in [3.8, 4) is 17.2 Å². The Morgan fingerprint density at radius 1 is 1.17 bits per heavy atom. The molecule has 1 amide bonds. The average Bonchev–Trinajstić information content (AvgIpc) is 2.63. The Bertz CT molecular complexity index is 794. The molecule has 1 fully saturated rings. The number of carbonyl (C=O) groups is 1. The van der Waals surface area contributed by atoms with Crippen molar-refractivity contribution in [3.63, 3.8) is 0 Å². The van der Waals surface area contributed by atoms with Crippen LogP contribution in [0.3, 0.4) is 0 Å². The number of β-amino-alcohol motifs (C(OH)–C–C–N with tert-alkyl or cyclic N) is 1. The average molecular weight is 320 g/mol. The third kappa shape index (κ3) is 3.04. The highest BCUT2D eigenvalue weighted by Gasteiger charge is 2.29. The van der Waals surface area contributed by atoms with Gasteiger partial charge in [-0.1, -0.05) is 43.3 Å². The quantitative estimate of drug-likeness (QED) is 0.925. The summed E-state index contributed by atoms with van der Waals surface area (Å²) in [6.45, 7) is 3.00. The van der Waals surface area contributed by atoms with E-state index < -0.39 is 6.10 Å². The Morgan fingerprint density at radius 2 is 1.83 bits per heavy atom. The van der Waals surface area contributed by atoms with E-state index in [0.717, 1.165) is 17.5 Å². The van der Waals surface area contributed by atoms with Crippen LogP contribution in [0.1, 0.15) is 29.3 Å². The number of hydrogen-bond acceptors (Lipinski definition) is 3. The molecule has 0 bridgehead atoms. The van der Waals surface area contributed by atoms with Gasteiger partial charge in [-0.2, -0.15) is 5.26 Å². The van der Waals surface area contributed by atoms with Crippen molar-refractivity contribution in [1.82, 2.24) is 4.90 Å². The Balaban J connectivity index is 1.98. The van der Waals surface area contributed by atoms with Crippen molar-refractivity contribution >= 4 is 5.91 Å². The van der Waals surface area contributed by atoms with Crippen LogP contribution in [0.5, 0.6) is 0 Å². The van der Waals surface area contributed by atoms with Crippen LogP contribution >= 0.6 is 0 Å². The van der Waals surface area contributed by atoms with Gasteiger partial charge >= 0.3 is 0 Å². The van der Waals surface area contributed by atoms with E-state index in [9.17, 15) is 15.2 Å². The van der Waals surface area contributed by atoms with E-state index in [2.05, 4.69) is 6.07 Å². The summed E-state index contributed by atoms with van der Waals surface area (Å²) in [5.74, 6) is 0.118. The molecular weight excluding hydrogens is 300 g/mol. The summed E-state index contributed by atoms with van der Waals surface area (Å²) in [6, 6.07) is 16.8. The van der Waals surface area contributed by atoms with Gasteiger partial charge in [-0.25, -0.2) is 0 Å². The molecule has 1 aliphatic rings. The Hall–Kier alpha value is -2.64. The molecule has 4 nitrogen and oxygen atoms in total. The number of aliphatic hydroxyl groups excluding tert-OH is 1. The summed E-state index contributed by atoms with van der Waals surface area (Å²) in [4.78, 5) is 14.7. The molecular formula is C20H20N2O2. The minimum atomic E-state index is -0.485. The number of hydrogen-bond donors (Lipinski definition) is 1. The van der Waals surface area contributed by atoms with Crippen LogP contribution in [0, 0.1) is 17.2 Å². The van der Waals surface area contributed by atoms with Crippen LogP contribution in [-0.4, -0.2) is 35.1 Å². The third-order valence-electron chi connectivity index (χ3n) is 4.70. The molecule has 0 saturated carbocycles. The highest BCUT2D eigenvalue weighted by atomic mass is 16.3. The topological polar surface area (TPSA) is 64.3 Å². The molecule has 2 aromatic carbocycles. The molecule has 4 heteroatoms. The summed E-state index contributed by atoms with van der Waals surface area (Å²) in [6.07, 6.45) is 0.311. The van der Waals surface area contributed by atoms with Gasteiger partial charge in [0.15, 0.2) is 0 Å². The van der Waals surface area contributed by atoms with Crippen molar-refractivity contribution in [2.24, 2.45) is 5.92 Å². The van der Waals surface area contributed by atoms with Gasteiger partial charge in [0, 0.05) is 24.2 Å². The first-order valence-corrected chi connectivity index (χ1v) is 8.17. The van der Waals surface area contributed by atoms with E-state index in [0.29, 0.717) is 24.2 Å². The second-order valence-corrected chi connectivity index (χ2v) is 6.29. The van der Waals surface area contributed by atoms with Crippen molar-refractivity contribution in [1.29, 1.82) is 5.26 Å². The number of rotatable bonds is 2. The van der Waals surface area contributed by atoms with Gasteiger partial charge in [-0.3, -0.25) is 4.79 Å². The predicted octanol–water partition coefficient (Wildman–Crippen LogP) is 3.07. The maximum absolute atomic E-state index is 13.0. The van der Waals surface area contributed by atoms with Gasteiger partial charge in [-0.15, -0.1) is 0 Å². The zero-order valence-corrected chi connectivity index (χ0v) is 13.6. The van der Waals surface area contributed by atoms with E-state index in [1.54, 1.807) is 17.0 Å². The number of nitriles is 1. The molecule has 0 aromatic heterocycles. The minimum Gasteiger partial charge on any atom is -0.391 e. The number of piperidine rings is 1. The molecule has 1 heterocycles. The van der Waals surface area contributed by atoms with Crippen LogP contribution in [0.25, 0.3) is 11.1 Å². The molecule has 2 unspecified atom stereocenters. The van der Waals surface area contributed by atoms with Gasteiger partial charge in [0.1, 0.15) is 0 Å². The maximum Gasteiger partial charge on any atom is 0.254 e. The third-order valence-corrected chi connectivity index (χ3v) is 4.70. The van der Waals surface area contributed by atoms with E-state index in [4.69, 9.17) is 0 Å². The van der Waals surface area contributed by atoms with Crippen LogP contribution < -0.4 is 0 Å². The number of aliphatic hydroxyl groups is 1. The minimum absolute atomic E-state index is 0.0932. The number of nitrogens with zero attached hydrogens (tertiary/aromatic N) is 2. The molecule has 1 N–H and O–H groups in total. The Labute approximate surface area is 142 Å². The van der Waals surface area contributed by atoms with E-state index >= 15 is 0 Å². The maximum atomic E-state index is 13.0. The molecule has 122 valence electrons. The zero-order chi connectivity index (χ0) is 17.1. The molecule has 3 rings (SSSR count). The fourth-order valence-electron chi connectivity index (χ4n) is 3.12. The number of amides is 1. The lowest BCUT2D eigenvalue weighted by Crippen LogP contribution is -2.45. The van der Waals surface area contributed by atoms with Crippen molar-refractivity contribution < 1.29 is 9.90 Å². The van der Waals surface area contributed by atoms with E-state index in [1.165, 1.54) is 0 Å². The van der Waals surface area contributed by atoms with Crippen LogP contribution in [-0.2, 0) is 0 Å². The van der Waals surface area contributed by atoms with Gasteiger partial charge in [0.05, 0.1) is 17.7 Å². The zero-order valence-electron chi connectivity index (χ0n) is 13.6. The first kappa shape index (κ1) is 16.2. The van der Waals surface area contributed by atoms with Gasteiger partial charge in [0.25, 0.3) is 5.91 Å². The highest BCUT2D eigenvalue weighted by molar-refractivity contribution is 6.01. The van der Waals surface area contributed by atoms with Gasteiger partial charge < -0.3 is 10.0 Å². The molecule has 1 aliphatic heterocycles. The number of benzene rings is 2. The molecule has 0 aliphatic carbocycles. The van der Waals surface area contributed by atoms with Crippen LogP contribution in [0.4, 0.5) is 0 Å². The van der Waals surface area contributed by atoms with Crippen LogP contribution in [0.2, 0.25) is 0 Å². The first-order valence-electron chi connectivity index (χ1n) is 8.17. The second kappa shape index (κ2) is 6.86. The first-order chi connectivity index (χ1) is 11.6. The van der Waals surface area contributed by atoms with Gasteiger partial charge in [-0.05, 0) is 30.0 Å².